The highest BCUT2D eigenvalue weighted by atomic mass is 32.2. The van der Waals surface area contributed by atoms with Crippen molar-refractivity contribution in [3.8, 4) is 0 Å². The topological polar surface area (TPSA) is 79.5 Å². The summed E-state index contributed by atoms with van der Waals surface area (Å²) in [6.07, 6.45) is 1.43. The number of sulfonamides is 1. The van der Waals surface area contributed by atoms with Crippen LogP contribution in [0.1, 0.15) is 18.2 Å². The van der Waals surface area contributed by atoms with E-state index in [0.29, 0.717) is 5.76 Å². The molecule has 2 N–H and O–H groups in total. The van der Waals surface area contributed by atoms with E-state index < -0.39 is 15.6 Å². The molecule has 0 bridgehead atoms. The van der Waals surface area contributed by atoms with Crippen molar-refractivity contribution in [1.82, 2.24) is 4.72 Å². The van der Waals surface area contributed by atoms with Crippen molar-refractivity contribution in [2.45, 2.75) is 24.3 Å². The third-order valence-electron chi connectivity index (χ3n) is 2.96. The fourth-order valence-electron chi connectivity index (χ4n) is 1.77. The normalized spacial score (nSPS) is 14.9. The first kappa shape index (κ1) is 14.8. The van der Waals surface area contributed by atoms with E-state index in [2.05, 4.69) is 4.72 Å². The van der Waals surface area contributed by atoms with Crippen LogP contribution in [0.2, 0.25) is 0 Å². The zero-order valence-corrected chi connectivity index (χ0v) is 12.1. The molecule has 0 aliphatic carbocycles. The Kier molecular flexibility index (Phi) is 3.99. The van der Waals surface area contributed by atoms with E-state index in [0.717, 1.165) is 5.56 Å². The maximum absolute atomic E-state index is 12.1. The van der Waals surface area contributed by atoms with Gasteiger partial charge in [0, 0.05) is 6.54 Å². The molecule has 5 nitrogen and oxygen atoms in total. The largest absolute Gasteiger partial charge is 0.466 e. The van der Waals surface area contributed by atoms with Crippen molar-refractivity contribution in [2.24, 2.45) is 0 Å². The summed E-state index contributed by atoms with van der Waals surface area (Å²) in [6.45, 7) is 3.14. The SMILES string of the molecule is Cc1cccc(S(=O)(=O)NC[C@@](C)(O)c2ccco2)c1. The Labute approximate surface area is 118 Å². The van der Waals surface area contributed by atoms with Crippen molar-refractivity contribution in [2.75, 3.05) is 6.54 Å². The molecule has 1 aromatic carbocycles. The van der Waals surface area contributed by atoms with E-state index in [1.54, 1.807) is 24.3 Å². The lowest BCUT2D eigenvalue weighted by molar-refractivity contribution is 0.0395. The highest BCUT2D eigenvalue weighted by Crippen LogP contribution is 2.21. The molecule has 1 aromatic heterocycles. The van der Waals surface area contributed by atoms with Crippen molar-refractivity contribution in [3.63, 3.8) is 0 Å². The van der Waals surface area contributed by atoms with E-state index >= 15 is 0 Å². The maximum Gasteiger partial charge on any atom is 0.240 e. The average Bonchev–Trinajstić information content (AvgIpc) is 2.91. The number of aliphatic hydroxyl groups is 1. The lowest BCUT2D eigenvalue weighted by Crippen LogP contribution is -2.38. The Balaban J connectivity index is 2.14. The molecule has 0 saturated heterocycles. The standard InChI is InChI=1S/C14H17NO4S/c1-11-5-3-6-12(9-11)20(17,18)15-10-14(2,16)13-7-4-8-19-13/h3-9,15-16H,10H2,1-2H3/t14-/m1/s1. The molecular formula is C14H17NO4S. The number of hydrogen-bond acceptors (Lipinski definition) is 4. The molecule has 6 heteroatoms. The molecule has 1 atom stereocenters. The van der Waals surface area contributed by atoms with Crippen LogP contribution in [0.5, 0.6) is 0 Å². The smallest absolute Gasteiger partial charge is 0.240 e. The highest BCUT2D eigenvalue weighted by molar-refractivity contribution is 7.89. The van der Waals surface area contributed by atoms with Gasteiger partial charge in [-0.2, -0.15) is 0 Å². The molecule has 0 amide bonds. The first-order chi connectivity index (χ1) is 9.31. The highest BCUT2D eigenvalue weighted by Gasteiger charge is 2.28. The Morgan fingerprint density at radius 3 is 2.65 bits per heavy atom. The number of rotatable bonds is 5. The van der Waals surface area contributed by atoms with Gasteiger partial charge in [-0.25, -0.2) is 13.1 Å². The number of hydrogen-bond donors (Lipinski definition) is 2. The van der Waals surface area contributed by atoms with Crippen molar-refractivity contribution in [3.05, 3.63) is 54.0 Å². The first-order valence-corrected chi connectivity index (χ1v) is 7.62. The van der Waals surface area contributed by atoms with Crippen LogP contribution >= 0.6 is 0 Å². The Hall–Kier alpha value is -1.63. The number of nitrogens with one attached hydrogen (secondary N) is 1. The second-order valence-electron chi connectivity index (χ2n) is 4.89. The van der Waals surface area contributed by atoms with Gasteiger partial charge in [0.05, 0.1) is 11.2 Å². The van der Waals surface area contributed by atoms with Crippen LogP contribution in [0.3, 0.4) is 0 Å². The molecule has 0 aliphatic rings. The average molecular weight is 295 g/mol. The molecule has 0 aliphatic heterocycles. The molecule has 0 saturated carbocycles. The summed E-state index contributed by atoms with van der Waals surface area (Å²) in [5.41, 5.74) is -0.550. The van der Waals surface area contributed by atoms with Gasteiger partial charge in [-0.15, -0.1) is 0 Å². The van der Waals surface area contributed by atoms with Crippen LogP contribution < -0.4 is 4.72 Å². The lowest BCUT2D eigenvalue weighted by atomic mass is 10.1. The molecule has 0 spiro atoms. The second-order valence-corrected chi connectivity index (χ2v) is 6.66. The predicted octanol–water partition coefficient (Wildman–Crippen LogP) is 1.77. The van der Waals surface area contributed by atoms with Crippen molar-refractivity contribution >= 4 is 10.0 Å². The second kappa shape index (κ2) is 5.40. The quantitative estimate of drug-likeness (QED) is 0.881. The summed E-state index contributed by atoms with van der Waals surface area (Å²) in [6, 6.07) is 9.81. The molecule has 0 unspecified atom stereocenters. The Bertz CT molecular complexity index is 675. The summed E-state index contributed by atoms with van der Waals surface area (Å²) in [4.78, 5) is 0.174. The number of aryl methyl sites for hydroxylation is 1. The fraction of sp³-hybridized carbons (Fsp3) is 0.286. The van der Waals surface area contributed by atoms with Gasteiger partial charge >= 0.3 is 0 Å². The van der Waals surface area contributed by atoms with Gasteiger partial charge < -0.3 is 9.52 Å². The van der Waals surface area contributed by atoms with Crippen LogP contribution in [0, 0.1) is 6.92 Å². The van der Waals surface area contributed by atoms with E-state index in [-0.39, 0.29) is 11.4 Å². The summed E-state index contributed by atoms with van der Waals surface area (Å²) < 4.78 is 31.8. The van der Waals surface area contributed by atoms with Gasteiger partial charge in [0.1, 0.15) is 11.4 Å². The molecule has 108 valence electrons. The summed E-state index contributed by atoms with van der Waals surface area (Å²) in [5, 5.41) is 10.2. The molecule has 2 aromatic rings. The summed E-state index contributed by atoms with van der Waals surface area (Å²) in [7, 11) is -3.66. The monoisotopic (exact) mass is 295 g/mol. The molecule has 20 heavy (non-hydrogen) atoms. The first-order valence-electron chi connectivity index (χ1n) is 6.14. The van der Waals surface area contributed by atoms with Gasteiger partial charge in [-0.1, -0.05) is 12.1 Å². The van der Waals surface area contributed by atoms with E-state index in [4.69, 9.17) is 4.42 Å². The van der Waals surface area contributed by atoms with E-state index in [9.17, 15) is 13.5 Å². The van der Waals surface area contributed by atoms with Crippen LogP contribution in [0.15, 0.2) is 52.0 Å². The minimum Gasteiger partial charge on any atom is -0.466 e. The zero-order valence-electron chi connectivity index (χ0n) is 11.3. The molecule has 0 fully saturated rings. The van der Waals surface area contributed by atoms with Gasteiger partial charge in [-0.3, -0.25) is 0 Å². The lowest BCUT2D eigenvalue weighted by Gasteiger charge is -2.21. The van der Waals surface area contributed by atoms with Crippen LogP contribution in [-0.2, 0) is 15.6 Å². The number of benzene rings is 1. The van der Waals surface area contributed by atoms with Crippen LogP contribution in [0.25, 0.3) is 0 Å². The number of furan rings is 1. The van der Waals surface area contributed by atoms with Crippen molar-refractivity contribution in [1.29, 1.82) is 0 Å². The van der Waals surface area contributed by atoms with Crippen molar-refractivity contribution < 1.29 is 17.9 Å². The zero-order chi connectivity index (χ0) is 14.8. The fourth-order valence-corrected chi connectivity index (χ4v) is 3.01. The Morgan fingerprint density at radius 1 is 1.30 bits per heavy atom. The minimum atomic E-state index is -3.66. The minimum absolute atomic E-state index is 0.170. The van der Waals surface area contributed by atoms with Gasteiger partial charge in [0.2, 0.25) is 10.0 Å². The molecule has 1 heterocycles. The van der Waals surface area contributed by atoms with Crippen LogP contribution in [-0.4, -0.2) is 20.1 Å². The third kappa shape index (κ3) is 3.27. The van der Waals surface area contributed by atoms with Gasteiger partial charge in [0.25, 0.3) is 0 Å². The molecule has 2 rings (SSSR count). The molecule has 0 radical (unpaired) electrons. The van der Waals surface area contributed by atoms with Gasteiger partial charge in [0.15, 0.2) is 0 Å². The van der Waals surface area contributed by atoms with Crippen LogP contribution in [0.4, 0.5) is 0 Å². The predicted molar refractivity (Wildman–Crippen MR) is 74.6 cm³/mol. The maximum atomic E-state index is 12.1. The Morgan fingerprint density at radius 2 is 2.05 bits per heavy atom. The summed E-state index contributed by atoms with van der Waals surface area (Å²) >= 11 is 0. The van der Waals surface area contributed by atoms with E-state index in [1.165, 1.54) is 19.3 Å². The van der Waals surface area contributed by atoms with E-state index in [1.807, 2.05) is 13.0 Å². The molecular weight excluding hydrogens is 278 g/mol. The summed E-state index contributed by atoms with van der Waals surface area (Å²) in [5.74, 6) is 0.310. The third-order valence-corrected chi connectivity index (χ3v) is 4.36. The van der Waals surface area contributed by atoms with Gasteiger partial charge in [-0.05, 0) is 43.7 Å².